The maximum atomic E-state index is 6.13. The molecule has 1 heterocycles. The quantitative estimate of drug-likeness (QED) is 0.827. The van der Waals surface area contributed by atoms with E-state index in [1.165, 1.54) is 18.4 Å². The van der Waals surface area contributed by atoms with Gasteiger partial charge < -0.3 is 5.32 Å². The first kappa shape index (κ1) is 15.1. The van der Waals surface area contributed by atoms with Gasteiger partial charge in [-0.3, -0.25) is 4.90 Å². The van der Waals surface area contributed by atoms with Crippen LogP contribution in [0.4, 0.5) is 0 Å². The van der Waals surface area contributed by atoms with E-state index in [2.05, 4.69) is 24.2 Å². The minimum atomic E-state index is 0.417. The van der Waals surface area contributed by atoms with Crippen molar-refractivity contribution in [2.45, 2.75) is 25.8 Å². The van der Waals surface area contributed by atoms with Crippen LogP contribution in [0.15, 0.2) is 18.2 Å². The van der Waals surface area contributed by atoms with Gasteiger partial charge in [-0.05, 0) is 69.2 Å². The molecule has 19 heavy (non-hydrogen) atoms. The van der Waals surface area contributed by atoms with Gasteiger partial charge in [0.05, 0.1) is 0 Å². The first-order valence-corrected chi connectivity index (χ1v) is 7.74. The third-order valence-corrected chi connectivity index (χ3v) is 4.27. The first-order valence-electron chi connectivity index (χ1n) is 6.98. The Kier molecular flexibility index (Phi) is 5.52. The average molecular weight is 301 g/mol. The lowest BCUT2D eigenvalue weighted by Gasteiger charge is -2.26. The lowest BCUT2D eigenvalue weighted by atomic mass is 9.93. The molecule has 2 unspecified atom stereocenters. The predicted octanol–water partition coefficient (Wildman–Crippen LogP) is 3.99. The second kappa shape index (κ2) is 6.94. The van der Waals surface area contributed by atoms with Crippen LogP contribution in [0.1, 0.15) is 31.4 Å². The van der Waals surface area contributed by atoms with Crippen LogP contribution >= 0.6 is 23.2 Å². The maximum Gasteiger partial charge on any atom is 0.0424 e. The lowest BCUT2D eigenvalue weighted by molar-refractivity contribution is 0.272. The normalized spacial score (nSPS) is 24.0. The first-order chi connectivity index (χ1) is 9.11. The van der Waals surface area contributed by atoms with Crippen molar-refractivity contribution < 1.29 is 0 Å². The zero-order chi connectivity index (χ0) is 13.8. The van der Waals surface area contributed by atoms with Gasteiger partial charge in [-0.25, -0.2) is 0 Å². The van der Waals surface area contributed by atoms with Crippen LogP contribution in [0.3, 0.4) is 0 Å². The predicted molar refractivity (Wildman–Crippen MR) is 83.1 cm³/mol. The topological polar surface area (TPSA) is 15.3 Å². The molecule has 0 saturated carbocycles. The number of rotatable bonds is 5. The van der Waals surface area contributed by atoms with Gasteiger partial charge in [-0.1, -0.05) is 30.1 Å². The summed E-state index contributed by atoms with van der Waals surface area (Å²) in [5, 5.41) is 4.98. The number of nitrogens with zero attached hydrogens (tertiary/aromatic N) is 1. The molecule has 1 aliphatic heterocycles. The van der Waals surface area contributed by atoms with Crippen molar-refractivity contribution in [3.63, 3.8) is 0 Å². The summed E-state index contributed by atoms with van der Waals surface area (Å²) in [6.45, 7) is 5.48. The molecule has 1 aromatic rings. The van der Waals surface area contributed by atoms with Gasteiger partial charge in [0.1, 0.15) is 0 Å². The molecule has 1 saturated heterocycles. The molecule has 2 nitrogen and oxygen atoms in total. The molecule has 0 aliphatic carbocycles. The SMILES string of the molecule is CCCNCC1CCN(C)C1c1cc(Cl)cc(Cl)c1. The maximum absolute atomic E-state index is 6.13. The Hall–Kier alpha value is -0.280. The zero-order valence-corrected chi connectivity index (χ0v) is 13.1. The summed E-state index contributed by atoms with van der Waals surface area (Å²) in [6.07, 6.45) is 2.40. The number of hydrogen-bond donors (Lipinski definition) is 1. The minimum absolute atomic E-state index is 0.417. The Bertz CT molecular complexity index is 402. The molecule has 0 amide bonds. The summed E-state index contributed by atoms with van der Waals surface area (Å²) in [7, 11) is 2.18. The van der Waals surface area contributed by atoms with E-state index in [4.69, 9.17) is 23.2 Å². The van der Waals surface area contributed by atoms with Crippen LogP contribution in [0, 0.1) is 5.92 Å². The van der Waals surface area contributed by atoms with Crippen LogP contribution in [0.25, 0.3) is 0 Å². The Balaban J connectivity index is 2.14. The third kappa shape index (κ3) is 3.85. The lowest BCUT2D eigenvalue weighted by Crippen LogP contribution is -2.29. The van der Waals surface area contributed by atoms with E-state index >= 15 is 0 Å². The average Bonchev–Trinajstić information content (AvgIpc) is 2.70. The summed E-state index contributed by atoms with van der Waals surface area (Å²) >= 11 is 12.3. The van der Waals surface area contributed by atoms with Gasteiger partial charge in [-0.15, -0.1) is 0 Å². The molecule has 1 aliphatic rings. The fraction of sp³-hybridized carbons (Fsp3) is 0.600. The Labute approximate surface area is 126 Å². The second-order valence-electron chi connectivity index (χ2n) is 5.38. The number of nitrogens with one attached hydrogen (secondary N) is 1. The molecule has 0 radical (unpaired) electrons. The highest BCUT2D eigenvalue weighted by Crippen LogP contribution is 2.37. The van der Waals surface area contributed by atoms with Gasteiger partial charge >= 0.3 is 0 Å². The molecular weight excluding hydrogens is 279 g/mol. The van der Waals surface area contributed by atoms with Crippen molar-refractivity contribution in [2.24, 2.45) is 5.92 Å². The van der Waals surface area contributed by atoms with Crippen molar-refractivity contribution in [2.75, 3.05) is 26.7 Å². The molecule has 1 aromatic carbocycles. The van der Waals surface area contributed by atoms with Crippen LogP contribution < -0.4 is 5.32 Å². The number of benzene rings is 1. The number of likely N-dealkylation sites (tertiary alicyclic amines) is 1. The number of halogens is 2. The van der Waals surface area contributed by atoms with Gasteiger partial charge in [0.15, 0.2) is 0 Å². The summed E-state index contributed by atoms with van der Waals surface area (Å²) in [4.78, 5) is 2.40. The highest BCUT2D eigenvalue weighted by atomic mass is 35.5. The van der Waals surface area contributed by atoms with Gasteiger partial charge in [-0.2, -0.15) is 0 Å². The highest BCUT2D eigenvalue weighted by Gasteiger charge is 2.32. The fourth-order valence-corrected chi connectivity index (χ4v) is 3.52. The molecule has 1 N–H and O–H groups in total. The minimum Gasteiger partial charge on any atom is -0.316 e. The molecule has 2 atom stereocenters. The monoisotopic (exact) mass is 300 g/mol. The van der Waals surface area contributed by atoms with Crippen LogP contribution in [0.2, 0.25) is 10.0 Å². The van der Waals surface area contributed by atoms with Crippen LogP contribution in [-0.4, -0.2) is 31.6 Å². The van der Waals surface area contributed by atoms with E-state index in [0.717, 1.165) is 29.7 Å². The van der Waals surface area contributed by atoms with E-state index in [-0.39, 0.29) is 0 Å². The number of hydrogen-bond acceptors (Lipinski definition) is 2. The third-order valence-electron chi connectivity index (χ3n) is 3.83. The van der Waals surface area contributed by atoms with Crippen LogP contribution in [0.5, 0.6) is 0 Å². The summed E-state index contributed by atoms with van der Waals surface area (Å²) in [5.41, 5.74) is 1.24. The molecule has 0 bridgehead atoms. The molecule has 4 heteroatoms. The van der Waals surface area contributed by atoms with Crippen molar-refractivity contribution >= 4 is 23.2 Å². The molecule has 0 aromatic heterocycles. The van der Waals surface area contributed by atoms with E-state index in [1.807, 2.05) is 12.1 Å². The molecule has 0 spiro atoms. The fourth-order valence-electron chi connectivity index (χ4n) is 2.98. The molecule has 2 rings (SSSR count). The van der Waals surface area contributed by atoms with Crippen molar-refractivity contribution in [3.05, 3.63) is 33.8 Å². The molecular formula is C15H22Cl2N2. The van der Waals surface area contributed by atoms with Gasteiger partial charge in [0.25, 0.3) is 0 Å². The highest BCUT2D eigenvalue weighted by molar-refractivity contribution is 6.34. The van der Waals surface area contributed by atoms with Crippen molar-refractivity contribution in [1.29, 1.82) is 0 Å². The summed E-state index contributed by atoms with van der Waals surface area (Å²) < 4.78 is 0. The summed E-state index contributed by atoms with van der Waals surface area (Å²) in [5.74, 6) is 0.631. The molecule has 106 valence electrons. The van der Waals surface area contributed by atoms with Crippen molar-refractivity contribution in [3.8, 4) is 0 Å². The van der Waals surface area contributed by atoms with E-state index in [1.54, 1.807) is 6.07 Å². The largest absolute Gasteiger partial charge is 0.316 e. The van der Waals surface area contributed by atoms with Gasteiger partial charge in [0, 0.05) is 16.1 Å². The Morgan fingerprint density at radius 1 is 1.26 bits per heavy atom. The zero-order valence-electron chi connectivity index (χ0n) is 11.6. The molecule has 1 fully saturated rings. The smallest absolute Gasteiger partial charge is 0.0424 e. The second-order valence-corrected chi connectivity index (χ2v) is 6.25. The van der Waals surface area contributed by atoms with E-state index in [0.29, 0.717) is 12.0 Å². The van der Waals surface area contributed by atoms with Crippen LogP contribution in [-0.2, 0) is 0 Å². The Morgan fingerprint density at radius 3 is 2.58 bits per heavy atom. The summed E-state index contributed by atoms with van der Waals surface area (Å²) in [6, 6.07) is 6.31. The van der Waals surface area contributed by atoms with E-state index < -0.39 is 0 Å². The van der Waals surface area contributed by atoms with Crippen molar-refractivity contribution in [1.82, 2.24) is 10.2 Å². The van der Waals surface area contributed by atoms with E-state index in [9.17, 15) is 0 Å². The van der Waals surface area contributed by atoms with Gasteiger partial charge in [0.2, 0.25) is 0 Å². The standard InChI is InChI=1S/C15H22Cl2N2/c1-3-5-18-10-11-4-6-19(2)15(11)12-7-13(16)9-14(17)8-12/h7-9,11,15,18H,3-6,10H2,1-2H3. The Morgan fingerprint density at radius 2 is 1.95 bits per heavy atom.